The summed E-state index contributed by atoms with van der Waals surface area (Å²) >= 11 is 1.50. The van der Waals surface area contributed by atoms with Crippen molar-refractivity contribution in [3.63, 3.8) is 0 Å². The molecule has 0 saturated carbocycles. The molecule has 0 spiro atoms. The Morgan fingerprint density at radius 3 is 2.72 bits per heavy atom. The number of carbonyl (C=O) groups excluding carboxylic acids is 2. The number of hydrogen-bond acceptors (Lipinski definition) is 4. The van der Waals surface area contributed by atoms with E-state index in [1.165, 1.54) is 18.3 Å². The lowest BCUT2D eigenvalue weighted by Crippen LogP contribution is -2.35. The Morgan fingerprint density at radius 2 is 2.22 bits per heavy atom. The molecule has 1 aromatic heterocycles. The summed E-state index contributed by atoms with van der Waals surface area (Å²) in [7, 11) is 0. The van der Waals surface area contributed by atoms with E-state index in [4.69, 9.17) is 5.11 Å². The third-order valence-corrected chi connectivity index (χ3v) is 3.23. The fraction of sp³-hybridized carbons (Fsp3) is 0.500. The van der Waals surface area contributed by atoms with Crippen LogP contribution in [-0.2, 0) is 9.59 Å². The second kappa shape index (κ2) is 7.13. The Labute approximate surface area is 110 Å². The zero-order valence-corrected chi connectivity index (χ0v) is 11.3. The van der Waals surface area contributed by atoms with E-state index < -0.39 is 6.10 Å². The van der Waals surface area contributed by atoms with Crippen LogP contribution in [0.1, 0.15) is 31.2 Å². The van der Waals surface area contributed by atoms with Gasteiger partial charge in [-0.25, -0.2) is 0 Å². The van der Waals surface area contributed by atoms with E-state index in [0.29, 0.717) is 0 Å². The van der Waals surface area contributed by atoms with Crippen molar-refractivity contribution in [3.05, 3.63) is 22.4 Å². The normalized spacial score (nSPS) is 13.7. The van der Waals surface area contributed by atoms with Crippen LogP contribution in [0.25, 0.3) is 0 Å². The van der Waals surface area contributed by atoms with E-state index in [1.807, 2.05) is 17.5 Å². The Kier molecular flexibility index (Phi) is 5.80. The van der Waals surface area contributed by atoms with E-state index in [9.17, 15) is 9.59 Å². The fourth-order valence-electron chi connectivity index (χ4n) is 1.48. The molecule has 5 nitrogen and oxygen atoms in total. The molecule has 0 aliphatic carbocycles. The maximum Gasteiger partial charge on any atom is 0.222 e. The molecule has 0 radical (unpaired) electrons. The molecule has 0 bridgehead atoms. The van der Waals surface area contributed by atoms with Gasteiger partial charge in [0.2, 0.25) is 11.8 Å². The second-order valence-corrected chi connectivity index (χ2v) is 5.11. The van der Waals surface area contributed by atoms with Crippen molar-refractivity contribution < 1.29 is 14.7 Å². The van der Waals surface area contributed by atoms with Crippen molar-refractivity contribution in [1.82, 2.24) is 10.6 Å². The lowest BCUT2D eigenvalue weighted by Gasteiger charge is -2.16. The van der Waals surface area contributed by atoms with Crippen LogP contribution in [0.15, 0.2) is 17.5 Å². The maximum absolute atomic E-state index is 11.7. The minimum Gasteiger partial charge on any atom is -0.392 e. The molecule has 0 saturated heterocycles. The van der Waals surface area contributed by atoms with Crippen LogP contribution in [0.4, 0.5) is 0 Å². The summed E-state index contributed by atoms with van der Waals surface area (Å²) in [6.45, 7) is 3.25. The lowest BCUT2D eigenvalue weighted by molar-refractivity contribution is -0.123. The van der Waals surface area contributed by atoms with Crippen LogP contribution in [-0.4, -0.2) is 29.6 Å². The molecule has 1 rings (SSSR count). The number of carbonyl (C=O) groups is 2. The number of nitrogens with one attached hydrogen (secondary N) is 2. The minimum atomic E-state index is -0.574. The van der Waals surface area contributed by atoms with Gasteiger partial charge < -0.3 is 15.7 Å². The quantitative estimate of drug-likeness (QED) is 0.716. The van der Waals surface area contributed by atoms with Crippen molar-refractivity contribution >= 4 is 23.2 Å². The van der Waals surface area contributed by atoms with Crippen LogP contribution in [0, 0.1) is 0 Å². The molecule has 0 aliphatic rings. The monoisotopic (exact) mass is 270 g/mol. The summed E-state index contributed by atoms with van der Waals surface area (Å²) in [5.41, 5.74) is 0. The van der Waals surface area contributed by atoms with E-state index >= 15 is 0 Å². The molecule has 6 heteroatoms. The van der Waals surface area contributed by atoms with Gasteiger partial charge in [0.25, 0.3) is 0 Å². The summed E-state index contributed by atoms with van der Waals surface area (Å²) in [5, 5.41) is 16.3. The van der Waals surface area contributed by atoms with Gasteiger partial charge in [0.15, 0.2) is 0 Å². The van der Waals surface area contributed by atoms with Crippen LogP contribution in [0.3, 0.4) is 0 Å². The molecule has 18 heavy (non-hydrogen) atoms. The van der Waals surface area contributed by atoms with Crippen molar-refractivity contribution in [2.24, 2.45) is 0 Å². The van der Waals surface area contributed by atoms with E-state index in [2.05, 4.69) is 10.6 Å². The summed E-state index contributed by atoms with van der Waals surface area (Å²) in [6, 6.07) is 3.45. The predicted molar refractivity (Wildman–Crippen MR) is 70.2 cm³/mol. The van der Waals surface area contributed by atoms with E-state index in [1.54, 1.807) is 6.92 Å². The average Bonchev–Trinajstić information content (AvgIpc) is 2.78. The van der Waals surface area contributed by atoms with Crippen LogP contribution in [0.2, 0.25) is 0 Å². The zero-order valence-electron chi connectivity index (χ0n) is 10.5. The first-order chi connectivity index (χ1) is 8.49. The van der Waals surface area contributed by atoms with Crippen LogP contribution < -0.4 is 10.6 Å². The number of amides is 2. The first-order valence-electron chi connectivity index (χ1n) is 5.74. The number of rotatable bonds is 6. The van der Waals surface area contributed by atoms with Gasteiger partial charge in [-0.15, -0.1) is 11.3 Å². The molecular weight excluding hydrogens is 252 g/mol. The Bertz CT molecular complexity index is 390. The Morgan fingerprint density at radius 1 is 1.50 bits per heavy atom. The predicted octanol–water partition coefficient (Wildman–Crippen LogP) is 0.812. The molecule has 100 valence electrons. The topological polar surface area (TPSA) is 78.4 Å². The van der Waals surface area contributed by atoms with Gasteiger partial charge in [-0.2, -0.15) is 0 Å². The number of aliphatic hydroxyl groups excluding tert-OH is 1. The van der Waals surface area contributed by atoms with Crippen molar-refractivity contribution in [2.75, 3.05) is 6.54 Å². The van der Waals surface area contributed by atoms with Crippen molar-refractivity contribution in [1.29, 1.82) is 0 Å². The highest BCUT2D eigenvalue weighted by Gasteiger charge is 2.17. The summed E-state index contributed by atoms with van der Waals surface area (Å²) in [6.07, 6.45) is -0.401. The first kappa shape index (κ1) is 14.7. The van der Waals surface area contributed by atoms with Gasteiger partial charge in [-0.1, -0.05) is 6.07 Å². The van der Waals surface area contributed by atoms with Crippen LogP contribution in [0.5, 0.6) is 0 Å². The first-order valence-corrected chi connectivity index (χ1v) is 6.62. The lowest BCUT2D eigenvalue weighted by atomic mass is 10.1. The molecular formula is C12H18N2O3S. The van der Waals surface area contributed by atoms with E-state index in [-0.39, 0.29) is 30.8 Å². The molecule has 3 N–H and O–H groups in total. The SMILES string of the molecule is CC(=O)NC(CC(=O)NC[C@H](C)O)c1cccs1. The average molecular weight is 270 g/mol. The van der Waals surface area contributed by atoms with Gasteiger partial charge in [0.1, 0.15) is 0 Å². The molecule has 0 aromatic carbocycles. The highest BCUT2D eigenvalue weighted by atomic mass is 32.1. The summed E-state index contributed by atoms with van der Waals surface area (Å²) < 4.78 is 0. The summed E-state index contributed by atoms with van der Waals surface area (Å²) in [5.74, 6) is -0.361. The zero-order chi connectivity index (χ0) is 13.5. The van der Waals surface area contributed by atoms with Gasteiger partial charge in [0, 0.05) is 18.3 Å². The molecule has 0 aliphatic heterocycles. The fourth-order valence-corrected chi connectivity index (χ4v) is 2.25. The highest BCUT2D eigenvalue weighted by molar-refractivity contribution is 7.10. The Hall–Kier alpha value is -1.40. The van der Waals surface area contributed by atoms with Gasteiger partial charge in [-0.05, 0) is 18.4 Å². The van der Waals surface area contributed by atoms with Gasteiger partial charge in [0.05, 0.1) is 18.6 Å². The standard InChI is InChI=1S/C12H18N2O3S/c1-8(15)7-13-12(17)6-10(14-9(2)16)11-4-3-5-18-11/h3-5,8,10,15H,6-7H2,1-2H3,(H,13,17)(H,14,16)/t8-,10?/m0/s1. The van der Waals surface area contributed by atoms with Crippen LogP contribution >= 0.6 is 11.3 Å². The molecule has 1 unspecified atom stereocenters. The number of hydrogen-bond donors (Lipinski definition) is 3. The van der Waals surface area contributed by atoms with E-state index in [0.717, 1.165) is 4.88 Å². The third kappa shape index (κ3) is 5.29. The third-order valence-electron chi connectivity index (χ3n) is 2.25. The smallest absolute Gasteiger partial charge is 0.222 e. The van der Waals surface area contributed by atoms with Gasteiger partial charge >= 0.3 is 0 Å². The summed E-state index contributed by atoms with van der Waals surface area (Å²) in [4.78, 5) is 23.7. The molecule has 1 heterocycles. The number of aliphatic hydroxyl groups is 1. The number of thiophene rings is 1. The molecule has 1 aromatic rings. The maximum atomic E-state index is 11.7. The minimum absolute atomic E-state index is 0.170. The van der Waals surface area contributed by atoms with Crippen molar-refractivity contribution in [3.8, 4) is 0 Å². The second-order valence-electron chi connectivity index (χ2n) is 4.13. The van der Waals surface area contributed by atoms with Crippen molar-refractivity contribution in [2.45, 2.75) is 32.4 Å². The van der Waals surface area contributed by atoms with Gasteiger partial charge in [-0.3, -0.25) is 9.59 Å². The largest absolute Gasteiger partial charge is 0.392 e. The highest BCUT2D eigenvalue weighted by Crippen LogP contribution is 2.21. The molecule has 0 fully saturated rings. The molecule has 2 amide bonds. The Balaban J connectivity index is 2.56. The molecule has 2 atom stereocenters.